The molecule has 0 saturated heterocycles. The number of aryl methyl sites for hydroxylation is 1. The number of hydrogen-bond acceptors (Lipinski definition) is 2. The van der Waals surface area contributed by atoms with E-state index in [2.05, 4.69) is 55.3 Å². The topological polar surface area (TPSA) is 29.3 Å². The summed E-state index contributed by atoms with van der Waals surface area (Å²) in [7, 11) is 2.20. The highest BCUT2D eigenvalue weighted by Gasteiger charge is 2.18. The molecule has 1 heterocycles. The van der Waals surface area contributed by atoms with E-state index in [1.165, 1.54) is 33.4 Å². The largest absolute Gasteiger partial charge is 0.326 e. The lowest BCUT2D eigenvalue weighted by Crippen LogP contribution is -2.27. The quantitative estimate of drug-likeness (QED) is 0.905. The van der Waals surface area contributed by atoms with Gasteiger partial charge in [-0.2, -0.15) is 0 Å². The number of nitrogens with two attached hydrogens (primary N) is 1. The Kier molecular flexibility index (Phi) is 3.60. The molecule has 2 aromatic rings. The van der Waals surface area contributed by atoms with E-state index < -0.39 is 0 Å². The van der Waals surface area contributed by atoms with Gasteiger partial charge in [0.05, 0.1) is 0 Å². The Morgan fingerprint density at radius 1 is 1.15 bits per heavy atom. The van der Waals surface area contributed by atoms with Crippen LogP contribution in [0.25, 0.3) is 11.1 Å². The molecule has 0 spiro atoms. The second-order valence-electron chi connectivity index (χ2n) is 5.78. The van der Waals surface area contributed by atoms with Crippen LogP contribution in [-0.4, -0.2) is 18.5 Å². The zero-order valence-electron chi connectivity index (χ0n) is 12.3. The average Bonchev–Trinajstić information content (AvgIpc) is 2.48. The van der Waals surface area contributed by atoms with Crippen molar-refractivity contribution in [1.82, 2.24) is 4.90 Å². The molecule has 3 rings (SSSR count). The molecule has 0 amide bonds. The first-order chi connectivity index (χ1) is 9.69. The third-order valence-corrected chi connectivity index (χ3v) is 4.31. The Morgan fingerprint density at radius 3 is 2.80 bits per heavy atom. The SMILES string of the molecule is Cc1ccc(-c2cccc(CN)c2)c2c1CN(C)CC2. The van der Waals surface area contributed by atoms with Crippen molar-refractivity contribution in [2.75, 3.05) is 13.6 Å². The summed E-state index contributed by atoms with van der Waals surface area (Å²) in [4.78, 5) is 2.40. The fraction of sp³-hybridized carbons (Fsp3) is 0.333. The van der Waals surface area contributed by atoms with E-state index in [1.54, 1.807) is 0 Å². The fourth-order valence-electron chi connectivity index (χ4n) is 3.10. The smallest absolute Gasteiger partial charge is 0.0236 e. The van der Waals surface area contributed by atoms with Gasteiger partial charge in [-0.05, 0) is 59.8 Å². The number of likely N-dealkylation sites (N-methyl/N-ethyl adjacent to an activating group) is 1. The lowest BCUT2D eigenvalue weighted by Gasteiger charge is -2.28. The average molecular weight is 266 g/mol. The van der Waals surface area contributed by atoms with Gasteiger partial charge in [-0.1, -0.05) is 30.3 Å². The molecule has 0 aromatic heterocycles. The molecule has 1 aliphatic rings. The molecule has 20 heavy (non-hydrogen) atoms. The molecule has 0 bridgehead atoms. The second-order valence-corrected chi connectivity index (χ2v) is 5.78. The maximum absolute atomic E-state index is 5.77. The van der Waals surface area contributed by atoms with Crippen LogP contribution < -0.4 is 5.73 Å². The Hall–Kier alpha value is -1.64. The minimum Gasteiger partial charge on any atom is -0.326 e. The Morgan fingerprint density at radius 2 is 2.00 bits per heavy atom. The van der Waals surface area contributed by atoms with Crippen molar-refractivity contribution in [2.24, 2.45) is 5.73 Å². The minimum absolute atomic E-state index is 0.602. The molecule has 2 nitrogen and oxygen atoms in total. The first-order valence-corrected chi connectivity index (χ1v) is 7.28. The van der Waals surface area contributed by atoms with Gasteiger partial charge in [0, 0.05) is 19.6 Å². The summed E-state index contributed by atoms with van der Waals surface area (Å²) in [6, 6.07) is 13.2. The van der Waals surface area contributed by atoms with E-state index in [0.717, 1.165) is 19.5 Å². The molecule has 0 radical (unpaired) electrons. The summed E-state index contributed by atoms with van der Waals surface area (Å²) >= 11 is 0. The normalized spacial score (nSPS) is 15.2. The third kappa shape index (κ3) is 2.37. The number of nitrogens with zero attached hydrogens (tertiary/aromatic N) is 1. The van der Waals surface area contributed by atoms with E-state index in [4.69, 9.17) is 5.73 Å². The van der Waals surface area contributed by atoms with E-state index in [1.807, 2.05) is 0 Å². The molecular weight excluding hydrogens is 244 g/mol. The first-order valence-electron chi connectivity index (χ1n) is 7.28. The number of hydrogen-bond donors (Lipinski definition) is 1. The molecule has 0 aliphatic carbocycles. The molecule has 2 heteroatoms. The summed E-state index contributed by atoms with van der Waals surface area (Å²) < 4.78 is 0. The highest BCUT2D eigenvalue weighted by molar-refractivity contribution is 5.70. The van der Waals surface area contributed by atoms with Crippen molar-refractivity contribution < 1.29 is 0 Å². The summed E-state index contributed by atoms with van der Waals surface area (Å²) in [5.74, 6) is 0. The Balaban J connectivity index is 2.12. The molecule has 0 unspecified atom stereocenters. The summed E-state index contributed by atoms with van der Waals surface area (Å²) in [6.07, 6.45) is 1.13. The Bertz CT molecular complexity index is 631. The molecule has 2 N–H and O–H groups in total. The lowest BCUT2D eigenvalue weighted by molar-refractivity contribution is 0.312. The monoisotopic (exact) mass is 266 g/mol. The molecule has 0 atom stereocenters. The minimum atomic E-state index is 0.602. The van der Waals surface area contributed by atoms with Crippen molar-refractivity contribution in [3.63, 3.8) is 0 Å². The summed E-state index contributed by atoms with van der Waals surface area (Å²) in [5.41, 5.74) is 14.1. The summed E-state index contributed by atoms with van der Waals surface area (Å²) in [6.45, 7) is 5.02. The van der Waals surface area contributed by atoms with Crippen LogP contribution in [0.1, 0.15) is 22.3 Å². The van der Waals surface area contributed by atoms with E-state index >= 15 is 0 Å². The third-order valence-electron chi connectivity index (χ3n) is 4.31. The van der Waals surface area contributed by atoms with E-state index in [9.17, 15) is 0 Å². The van der Waals surface area contributed by atoms with Crippen molar-refractivity contribution >= 4 is 0 Å². The van der Waals surface area contributed by atoms with E-state index in [0.29, 0.717) is 6.54 Å². The van der Waals surface area contributed by atoms with Gasteiger partial charge < -0.3 is 10.6 Å². The number of benzene rings is 2. The number of rotatable bonds is 2. The van der Waals surface area contributed by atoms with Gasteiger partial charge in [-0.25, -0.2) is 0 Å². The predicted molar refractivity (Wildman–Crippen MR) is 84.5 cm³/mol. The fourth-order valence-corrected chi connectivity index (χ4v) is 3.10. The van der Waals surface area contributed by atoms with Crippen LogP contribution in [0, 0.1) is 6.92 Å². The van der Waals surface area contributed by atoms with Gasteiger partial charge in [0.1, 0.15) is 0 Å². The van der Waals surface area contributed by atoms with Gasteiger partial charge >= 0.3 is 0 Å². The zero-order valence-corrected chi connectivity index (χ0v) is 12.3. The van der Waals surface area contributed by atoms with Crippen LogP contribution in [0.3, 0.4) is 0 Å². The van der Waals surface area contributed by atoms with Crippen LogP contribution in [0.15, 0.2) is 36.4 Å². The standard InChI is InChI=1S/C18H22N2/c1-13-6-7-16(15-5-3-4-14(10-15)11-19)17-8-9-20(2)12-18(13)17/h3-7,10H,8-9,11-12,19H2,1-2H3. The van der Waals surface area contributed by atoms with Crippen molar-refractivity contribution in [2.45, 2.75) is 26.4 Å². The van der Waals surface area contributed by atoms with Crippen LogP contribution in [0.4, 0.5) is 0 Å². The number of fused-ring (bicyclic) bond motifs is 1. The highest BCUT2D eigenvalue weighted by Crippen LogP contribution is 2.32. The highest BCUT2D eigenvalue weighted by atomic mass is 15.1. The predicted octanol–water partition coefficient (Wildman–Crippen LogP) is 3.11. The van der Waals surface area contributed by atoms with Crippen molar-refractivity contribution in [3.05, 3.63) is 58.7 Å². The molecule has 0 saturated carbocycles. The van der Waals surface area contributed by atoms with Crippen LogP contribution in [-0.2, 0) is 19.5 Å². The maximum atomic E-state index is 5.77. The second kappa shape index (κ2) is 5.39. The summed E-state index contributed by atoms with van der Waals surface area (Å²) in [5, 5.41) is 0. The zero-order chi connectivity index (χ0) is 14.1. The van der Waals surface area contributed by atoms with Crippen LogP contribution in [0.5, 0.6) is 0 Å². The molecule has 0 fully saturated rings. The van der Waals surface area contributed by atoms with E-state index in [-0.39, 0.29) is 0 Å². The molecular formula is C18H22N2. The van der Waals surface area contributed by atoms with Gasteiger partial charge in [-0.3, -0.25) is 0 Å². The van der Waals surface area contributed by atoms with Crippen LogP contribution in [0.2, 0.25) is 0 Å². The lowest BCUT2D eigenvalue weighted by atomic mass is 9.88. The molecule has 2 aromatic carbocycles. The van der Waals surface area contributed by atoms with Gasteiger partial charge in [0.25, 0.3) is 0 Å². The van der Waals surface area contributed by atoms with Crippen molar-refractivity contribution in [3.8, 4) is 11.1 Å². The first kappa shape index (κ1) is 13.3. The molecule has 1 aliphatic heterocycles. The van der Waals surface area contributed by atoms with Crippen LogP contribution >= 0.6 is 0 Å². The maximum Gasteiger partial charge on any atom is 0.0236 e. The Labute approximate surface area is 121 Å². The van der Waals surface area contributed by atoms with Gasteiger partial charge in [0.2, 0.25) is 0 Å². The van der Waals surface area contributed by atoms with Gasteiger partial charge in [0.15, 0.2) is 0 Å². The van der Waals surface area contributed by atoms with Crippen molar-refractivity contribution in [1.29, 1.82) is 0 Å². The van der Waals surface area contributed by atoms with Gasteiger partial charge in [-0.15, -0.1) is 0 Å². The molecule has 104 valence electrons.